The van der Waals surface area contributed by atoms with Gasteiger partial charge >= 0.3 is 0 Å². The maximum Gasteiger partial charge on any atom is 0.222 e. The van der Waals surface area contributed by atoms with Crippen molar-refractivity contribution in [2.45, 2.75) is 51.4 Å². The Balaban J connectivity index is 0.00000420. The molecule has 2 rings (SSSR count). The molecule has 2 amide bonds. The van der Waals surface area contributed by atoms with Gasteiger partial charge in [0.25, 0.3) is 0 Å². The fourth-order valence-electron chi connectivity index (χ4n) is 4.09. The van der Waals surface area contributed by atoms with Gasteiger partial charge in [0.2, 0.25) is 11.8 Å². The van der Waals surface area contributed by atoms with E-state index < -0.39 is 0 Å². The summed E-state index contributed by atoms with van der Waals surface area (Å²) >= 11 is 0. The van der Waals surface area contributed by atoms with Gasteiger partial charge in [-0.2, -0.15) is 0 Å². The Morgan fingerprint density at radius 1 is 0.567 bits per heavy atom. The first-order valence-corrected chi connectivity index (χ1v) is 11.4. The van der Waals surface area contributed by atoms with Crippen molar-refractivity contribution in [3.63, 3.8) is 0 Å². The molecule has 2 aliphatic heterocycles. The van der Waals surface area contributed by atoms with Crippen molar-refractivity contribution in [3.05, 3.63) is 0 Å². The molecule has 30 heavy (non-hydrogen) atoms. The third-order valence-electron chi connectivity index (χ3n) is 6.64. The molecular formula is C22H44I2N4O2. The van der Waals surface area contributed by atoms with E-state index in [9.17, 15) is 9.59 Å². The lowest BCUT2D eigenvalue weighted by atomic mass is 10.1. The second kappa shape index (κ2) is 14.5. The summed E-state index contributed by atoms with van der Waals surface area (Å²) in [6.45, 7) is 7.91. The molecule has 0 bridgehead atoms. The minimum absolute atomic E-state index is 0. The average molecular weight is 650 g/mol. The molecule has 0 aromatic heterocycles. The number of hydrogen-bond acceptors (Lipinski definition) is 2. The largest absolute Gasteiger partial charge is 1.00 e. The lowest BCUT2D eigenvalue weighted by Crippen LogP contribution is -3.00. The Morgan fingerprint density at radius 3 is 1.13 bits per heavy atom. The van der Waals surface area contributed by atoms with Crippen molar-refractivity contribution in [2.75, 3.05) is 80.5 Å². The number of piperazine rings is 2. The SMILES string of the molecule is C[N+]1(C)CCN(C(=O)CCCCCCCCC(=O)N2CC[N+](C)(C)CC2)CC1.[I-].[I-]. The summed E-state index contributed by atoms with van der Waals surface area (Å²) in [5.74, 6) is 0.683. The van der Waals surface area contributed by atoms with Gasteiger partial charge < -0.3 is 66.7 Å². The first-order valence-electron chi connectivity index (χ1n) is 11.4. The highest BCUT2D eigenvalue weighted by Crippen LogP contribution is 2.14. The highest BCUT2D eigenvalue weighted by Gasteiger charge is 2.27. The van der Waals surface area contributed by atoms with Crippen molar-refractivity contribution in [1.29, 1.82) is 0 Å². The quantitative estimate of drug-likeness (QED) is 0.145. The second-order valence-corrected chi connectivity index (χ2v) is 10.1. The van der Waals surface area contributed by atoms with Gasteiger partial charge in [0, 0.05) is 12.8 Å². The summed E-state index contributed by atoms with van der Waals surface area (Å²) in [6, 6.07) is 0. The van der Waals surface area contributed by atoms with E-state index in [4.69, 9.17) is 0 Å². The van der Waals surface area contributed by atoms with Gasteiger partial charge in [-0.25, -0.2) is 0 Å². The van der Waals surface area contributed by atoms with E-state index in [1.165, 1.54) is 12.8 Å². The molecule has 6 nitrogen and oxygen atoms in total. The Bertz CT molecular complexity index is 463. The number of nitrogens with zero attached hydrogens (tertiary/aromatic N) is 4. The molecule has 8 heteroatoms. The minimum atomic E-state index is 0. The zero-order valence-electron chi connectivity index (χ0n) is 19.7. The lowest BCUT2D eigenvalue weighted by molar-refractivity contribution is -0.894. The first kappa shape index (κ1) is 30.3. The molecule has 0 saturated carbocycles. The van der Waals surface area contributed by atoms with Crippen molar-refractivity contribution in [3.8, 4) is 0 Å². The zero-order valence-corrected chi connectivity index (χ0v) is 24.0. The van der Waals surface area contributed by atoms with Crippen LogP contribution >= 0.6 is 0 Å². The van der Waals surface area contributed by atoms with Crippen LogP contribution < -0.4 is 48.0 Å². The predicted molar refractivity (Wildman–Crippen MR) is 114 cm³/mol. The van der Waals surface area contributed by atoms with Crippen molar-refractivity contribution >= 4 is 11.8 Å². The Kier molecular flexibility index (Phi) is 14.6. The molecule has 0 spiro atoms. The molecular weight excluding hydrogens is 606 g/mol. The van der Waals surface area contributed by atoms with Crippen LogP contribution in [0.3, 0.4) is 0 Å². The lowest BCUT2D eigenvalue weighted by Gasteiger charge is -2.39. The van der Waals surface area contributed by atoms with Crippen LogP contribution in [-0.4, -0.2) is 111 Å². The van der Waals surface area contributed by atoms with Crippen LogP contribution in [-0.2, 0) is 9.59 Å². The summed E-state index contributed by atoms with van der Waals surface area (Å²) in [4.78, 5) is 28.7. The zero-order chi connectivity index (χ0) is 20.6. The van der Waals surface area contributed by atoms with Gasteiger partial charge in [0.05, 0.1) is 80.5 Å². The second-order valence-electron chi connectivity index (χ2n) is 10.1. The highest BCUT2D eigenvalue weighted by atomic mass is 127. The standard InChI is InChI=1S/C22H44N4O2.2HI/c1-25(2)17-13-23(14-18-25)21(27)11-9-7-5-6-8-10-12-22(28)24-15-19-26(3,4)20-16-24;;/h5-20H2,1-4H3;2*1H/q+2;;/p-2. The Hall–Kier alpha value is 0.320. The molecule has 2 fully saturated rings. The van der Waals surface area contributed by atoms with Gasteiger partial charge in [-0.3, -0.25) is 9.59 Å². The van der Waals surface area contributed by atoms with Crippen molar-refractivity contribution in [1.82, 2.24) is 9.80 Å². The number of hydrogen-bond donors (Lipinski definition) is 0. The van der Waals surface area contributed by atoms with Crippen LogP contribution in [0.1, 0.15) is 51.4 Å². The molecule has 0 unspecified atom stereocenters. The number of halogens is 2. The van der Waals surface area contributed by atoms with E-state index in [0.29, 0.717) is 24.7 Å². The monoisotopic (exact) mass is 650 g/mol. The number of unbranched alkanes of at least 4 members (excludes halogenated alkanes) is 5. The normalized spacial score (nSPS) is 20.1. The van der Waals surface area contributed by atoms with Crippen LogP contribution in [0, 0.1) is 0 Å². The molecule has 0 aliphatic carbocycles. The van der Waals surface area contributed by atoms with E-state index in [2.05, 4.69) is 38.0 Å². The number of carbonyl (C=O) groups excluding carboxylic acids is 2. The molecule has 178 valence electrons. The predicted octanol–water partition coefficient (Wildman–Crippen LogP) is -4.05. The van der Waals surface area contributed by atoms with Gasteiger partial charge in [-0.15, -0.1) is 0 Å². The van der Waals surface area contributed by atoms with Crippen LogP contribution in [0.5, 0.6) is 0 Å². The molecule has 2 aliphatic rings. The van der Waals surface area contributed by atoms with E-state index in [-0.39, 0.29) is 48.0 Å². The first-order chi connectivity index (χ1) is 13.2. The number of quaternary nitrogens is 2. The van der Waals surface area contributed by atoms with Gasteiger partial charge in [0.15, 0.2) is 0 Å². The van der Waals surface area contributed by atoms with Crippen molar-refractivity contribution in [2.24, 2.45) is 0 Å². The maximum absolute atomic E-state index is 12.3. The van der Waals surface area contributed by atoms with E-state index in [1.54, 1.807) is 0 Å². The number of carbonyl (C=O) groups is 2. The third-order valence-corrected chi connectivity index (χ3v) is 6.64. The average Bonchev–Trinajstić information content (AvgIpc) is 2.63. The molecule has 0 aromatic rings. The highest BCUT2D eigenvalue weighted by molar-refractivity contribution is 5.76. The molecule has 2 saturated heterocycles. The topological polar surface area (TPSA) is 40.6 Å². The number of rotatable bonds is 9. The summed E-state index contributed by atoms with van der Waals surface area (Å²) in [6.07, 6.45) is 8.05. The Morgan fingerprint density at radius 2 is 0.833 bits per heavy atom. The number of amides is 2. The van der Waals surface area contributed by atoms with Crippen LogP contribution in [0.25, 0.3) is 0 Å². The Labute approximate surface area is 218 Å². The smallest absolute Gasteiger partial charge is 0.222 e. The molecule has 0 N–H and O–H groups in total. The molecule has 0 atom stereocenters. The van der Waals surface area contributed by atoms with E-state index in [1.807, 2.05) is 0 Å². The van der Waals surface area contributed by atoms with Crippen LogP contribution in [0.2, 0.25) is 0 Å². The summed E-state index contributed by atoms with van der Waals surface area (Å²) in [7, 11) is 8.95. The van der Waals surface area contributed by atoms with Crippen LogP contribution in [0.15, 0.2) is 0 Å². The van der Waals surface area contributed by atoms with E-state index in [0.717, 1.165) is 87.0 Å². The third kappa shape index (κ3) is 11.3. The fraction of sp³-hybridized carbons (Fsp3) is 0.909. The van der Waals surface area contributed by atoms with Crippen LogP contribution in [0.4, 0.5) is 0 Å². The minimum Gasteiger partial charge on any atom is -1.00 e. The van der Waals surface area contributed by atoms with Gasteiger partial charge in [0.1, 0.15) is 0 Å². The molecule has 2 heterocycles. The fourth-order valence-corrected chi connectivity index (χ4v) is 4.09. The van der Waals surface area contributed by atoms with Crippen molar-refractivity contribution < 1.29 is 66.5 Å². The summed E-state index contributed by atoms with van der Waals surface area (Å²) in [5, 5.41) is 0. The summed E-state index contributed by atoms with van der Waals surface area (Å²) < 4.78 is 2.06. The maximum atomic E-state index is 12.3. The number of likely N-dealkylation sites (N-methyl/N-ethyl adjacent to an activating group) is 2. The summed E-state index contributed by atoms with van der Waals surface area (Å²) in [5.41, 5.74) is 0. The molecule has 0 aromatic carbocycles. The van der Waals surface area contributed by atoms with Gasteiger partial charge in [-0.05, 0) is 12.8 Å². The molecule has 0 radical (unpaired) electrons. The van der Waals surface area contributed by atoms with E-state index >= 15 is 0 Å². The van der Waals surface area contributed by atoms with Gasteiger partial charge in [-0.1, -0.05) is 25.7 Å².